The molecule has 1 aromatic heterocycles. The van der Waals surface area contributed by atoms with Gasteiger partial charge in [-0.05, 0) is 43.1 Å². The molecule has 3 nitrogen and oxygen atoms in total. The Hall–Kier alpha value is -1.97. The summed E-state index contributed by atoms with van der Waals surface area (Å²) in [5.74, 6) is 0. The van der Waals surface area contributed by atoms with Crippen LogP contribution >= 0.6 is 0 Å². The standard InChI is InChI=1S/C19H24N2O/c1-16(15-21(2)10-11-22)12-17-5-7-18(8-6-17)13-19-4-3-9-20-14-19/h3-9,12,14,22H,10-11,13,15H2,1-2H3/b16-12+. The van der Waals surface area contributed by atoms with Gasteiger partial charge in [0.15, 0.2) is 0 Å². The van der Waals surface area contributed by atoms with E-state index in [2.05, 4.69) is 53.2 Å². The quantitative estimate of drug-likeness (QED) is 0.853. The molecule has 0 aliphatic heterocycles. The van der Waals surface area contributed by atoms with E-state index >= 15 is 0 Å². The van der Waals surface area contributed by atoms with Crippen LogP contribution in [-0.4, -0.2) is 41.7 Å². The Morgan fingerprint density at radius 3 is 2.59 bits per heavy atom. The minimum atomic E-state index is 0.201. The molecular weight excluding hydrogens is 272 g/mol. The van der Waals surface area contributed by atoms with Gasteiger partial charge in [0.05, 0.1) is 6.61 Å². The molecule has 0 bridgehead atoms. The highest BCUT2D eigenvalue weighted by Gasteiger charge is 2.00. The van der Waals surface area contributed by atoms with E-state index in [1.165, 1.54) is 22.3 Å². The highest BCUT2D eigenvalue weighted by molar-refractivity contribution is 5.53. The van der Waals surface area contributed by atoms with Gasteiger partial charge in [-0.3, -0.25) is 4.98 Å². The third-order valence-electron chi connectivity index (χ3n) is 3.52. The fraction of sp³-hybridized carbons (Fsp3) is 0.316. The van der Waals surface area contributed by atoms with Crippen LogP contribution in [-0.2, 0) is 6.42 Å². The van der Waals surface area contributed by atoms with Gasteiger partial charge in [0, 0.05) is 25.5 Å². The van der Waals surface area contributed by atoms with Gasteiger partial charge in [-0.25, -0.2) is 0 Å². The second-order valence-corrected chi connectivity index (χ2v) is 5.73. The van der Waals surface area contributed by atoms with Gasteiger partial charge in [0.1, 0.15) is 0 Å². The van der Waals surface area contributed by atoms with Gasteiger partial charge in [0.2, 0.25) is 0 Å². The zero-order valence-corrected chi connectivity index (χ0v) is 13.4. The summed E-state index contributed by atoms with van der Waals surface area (Å²) in [4.78, 5) is 6.26. The average Bonchev–Trinajstić information content (AvgIpc) is 2.50. The fourth-order valence-electron chi connectivity index (χ4n) is 2.48. The van der Waals surface area contributed by atoms with Crippen LogP contribution in [0.3, 0.4) is 0 Å². The van der Waals surface area contributed by atoms with Gasteiger partial charge >= 0.3 is 0 Å². The van der Waals surface area contributed by atoms with Gasteiger partial charge in [0.25, 0.3) is 0 Å². The van der Waals surface area contributed by atoms with E-state index in [4.69, 9.17) is 5.11 Å². The maximum Gasteiger partial charge on any atom is 0.0558 e. The number of benzene rings is 1. The van der Waals surface area contributed by atoms with Crippen molar-refractivity contribution in [3.05, 3.63) is 71.1 Å². The van der Waals surface area contributed by atoms with Crippen molar-refractivity contribution < 1.29 is 5.11 Å². The number of aliphatic hydroxyl groups is 1. The Kier molecular flexibility index (Phi) is 6.31. The maximum absolute atomic E-state index is 8.93. The lowest BCUT2D eigenvalue weighted by molar-refractivity contribution is 0.230. The van der Waals surface area contributed by atoms with Gasteiger partial charge < -0.3 is 10.0 Å². The fourth-order valence-corrected chi connectivity index (χ4v) is 2.48. The molecule has 0 saturated carbocycles. The van der Waals surface area contributed by atoms with Crippen LogP contribution in [0.5, 0.6) is 0 Å². The molecule has 2 aromatic rings. The number of rotatable bonds is 7. The Balaban J connectivity index is 1.96. The SMILES string of the molecule is C/C(=C\c1ccc(Cc2cccnc2)cc1)CN(C)CCO. The van der Waals surface area contributed by atoms with Crippen LogP contribution in [0.1, 0.15) is 23.6 Å². The lowest BCUT2D eigenvalue weighted by Gasteiger charge is -2.15. The smallest absolute Gasteiger partial charge is 0.0558 e. The molecule has 116 valence electrons. The Morgan fingerprint density at radius 2 is 1.95 bits per heavy atom. The predicted molar refractivity (Wildman–Crippen MR) is 91.7 cm³/mol. The van der Waals surface area contributed by atoms with Crippen LogP contribution in [0, 0.1) is 0 Å². The molecule has 0 atom stereocenters. The molecule has 1 N–H and O–H groups in total. The summed E-state index contributed by atoms with van der Waals surface area (Å²) in [6, 6.07) is 12.7. The molecule has 0 fully saturated rings. The Morgan fingerprint density at radius 1 is 1.18 bits per heavy atom. The van der Waals surface area contributed by atoms with Crippen LogP contribution < -0.4 is 0 Å². The highest BCUT2D eigenvalue weighted by atomic mass is 16.3. The minimum Gasteiger partial charge on any atom is -0.395 e. The van der Waals surface area contributed by atoms with Gasteiger partial charge in [-0.1, -0.05) is 42.0 Å². The number of hydrogen-bond acceptors (Lipinski definition) is 3. The van der Waals surface area contributed by atoms with Crippen LogP contribution in [0.2, 0.25) is 0 Å². The molecule has 1 heterocycles. The Bertz CT molecular complexity index is 591. The summed E-state index contributed by atoms with van der Waals surface area (Å²) in [6.45, 7) is 3.90. The number of pyridine rings is 1. The van der Waals surface area contributed by atoms with E-state index in [0.29, 0.717) is 6.54 Å². The normalized spacial score (nSPS) is 11.9. The molecule has 0 spiro atoms. The van der Waals surface area contributed by atoms with E-state index in [0.717, 1.165) is 13.0 Å². The van der Waals surface area contributed by atoms with Crippen molar-refractivity contribution >= 4 is 6.08 Å². The van der Waals surface area contributed by atoms with Crippen molar-refractivity contribution in [3.8, 4) is 0 Å². The molecule has 0 amide bonds. The van der Waals surface area contributed by atoms with E-state index < -0.39 is 0 Å². The van der Waals surface area contributed by atoms with Crippen molar-refractivity contribution in [1.29, 1.82) is 0 Å². The number of hydrogen-bond donors (Lipinski definition) is 1. The summed E-state index contributed by atoms with van der Waals surface area (Å²) < 4.78 is 0. The topological polar surface area (TPSA) is 36.4 Å². The Labute approximate surface area is 132 Å². The van der Waals surface area contributed by atoms with E-state index in [-0.39, 0.29) is 6.61 Å². The number of aliphatic hydroxyl groups excluding tert-OH is 1. The summed E-state index contributed by atoms with van der Waals surface area (Å²) in [6.07, 6.45) is 6.82. The van der Waals surface area contributed by atoms with Crippen LogP contribution in [0.4, 0.5) is 0 Å². The lowest BCUT2D eigenvalue weighted by Crippen LogP contribution is -2.23. The van der Waals surface area contributed by atoms with Crippen molar-refractivity contribution in [3.63, 3.8) is 0 Å². The first-order valence-electron chi connectivity index (χ1n) is 7.62. The van der Waals surface area contributed by atoms with Crippen molar-refractivity contribution in [2.24, 2.45) is 0 Å². The van der Waals surface area contributed by atoms with E-state index in [1.54, 1.807) is 6.20 Å². The first-order valence-corrected chi connectivity index (χ1v) is 7.62. The predicted octanol–water partition coefficient (Wildman–Crippen LogP) is 3.00. The second kappa shape index (κ2) is 8.47. The molecule has 0 aliphatic carbocycles. The molecule has 3 heteroatoms. The van der Waals surface area contributed by atoms with Crippen molar-refractivity contribution in [2.75, 3.05) is 26.7 Å². The lowest BCUT2D eigenvalue weighted by atomic mass is 10.0. The summed E-state index contributed by atoms with van der Waals surface area (Å²) in [5.41, 5.74) is 5.02. The summed E-state index contributed by atoms with van der Waals surface area (Å²) >= 11 is 0. The number of aromatic nitrogens is 1. The van der Waals surface area contributed by atoms with E-state index in [1.807, 2.05) is 19.3 Å². The average molecular weight is 296 g/mol. The number of nitrogens with zero attached hydrogens (tertiary/aromatic N) is 2. The van der Waals surface area contributed by atoms with Crippen LogP contribution in [0.15, 0.2) is 54.4 Å². The summed E-state index contributed by atoms with van der Waals surface area (Å²) in [5, 5.41) is 8.93. The monoisotopic (exact) mass is 296 g/mol. The van der Waals surface area contributed by atoms with Gasteiger partial charge in [-0.15, -0.1) is 0 Å². The van der Waals surface area contributed by atoms with Crippen molar-refractivity contribution in [2.45, 2.75) is 13.3 Å². The number of likely N-dealkylation sites (N-methyl/N-ethyl adjacent to an activating group) is 1. The van der Waals surface area contributed by atoms with Crippen molar-refractivity contribution in [1.82, 2.24) is 9.88 Å². The first-order chi connectivity index (χ1) is 10.7. The third kappa shape index (κ3) is 5.43. The molecule has 22 heavy (non-hydrogen) atoms. The maximum atomic E-state index is 8.93. The van der Waals surface area contributed by atoms with E-state index in [9.17, 15) is 0 Å². The first kappa shape index (κ1) is 16.4. The molecule has 0 radical (unpaired) electrons. The zero-order chi connectivity index (χ0) is 15.8. The third-order valence-corrected chi connectivity index (χ3v) is 3.52. The zero-order valence-electron chi connectivity index (χ0n) is 13.4. The largest absolute Gasteiger partial charge is 0.395 e. The summed E-state index contributed by atoms with van der Waals surface area (Å²) in [7, 11) is 2.02. The second-order valence-electron chi connectivity index (χ2n) is 5.73. The molecular formula is C19H24N2O. The van der Waals surface area contributed by atoms with Crippen LogP contribution in [0.25, 0.3) is 6.08 Å². The minimum absolute atomic E-state index is 0.201. The molecule has 0 unspecified atom stereocenters. The molecule has 2 rings (SSSR count). The molecule has 0 saturated heterocycles. The van der Waals surface area contributed by atoms with Gasteiger partial charge in [-0.2, -0.15) is 0 Å². The highest BCUT2D eigenvalue weighted by Crippen LogP contribution is 2.12. The molecule has 0 aliphatic rings. The molecule has 1 aromatic carbocycles.